The zero-order chi connectivity index (χ0) is 26.6. The second-order valence-corrected chi connectivity index (χ2v) is 9.57. The van der Waals surface area contributed by atoms with E-state index < -0.39 is 6.04 Å². The maximum absolute atomic E-state index is 14.2. The molecule has 1 unspecified atom stereocenters. The van der Waals surface area contributed by atoms with Crippen LogP contribution in [0.3, 0.4) is 0 Å². The van der Waals surface area contributed by atoms with Crippen LogP contribution in [-0.2, 0) is 24.4 Å². The number of amides is 2. The fraction of sp³-hybridized carbons (Fsp3) is 0.267. The van der Waals surface area contributed by atoms with E-state index in [-0.39, 0.29) is 42.5 Å². The molecule has 196 valence electrons. The zero-order valence-corrected chi connectivity index (χ0v) is 21.3. The zero-order valence-electron chi connectivity index (χ0n) is 21.3. The molecule has 4 aromatic rings. The molecule has 0 radical (unpaired) electrons. The molecule has 0 bridgehead atoms. The lowest BCUT2D eigenvalue weighted by atomic mass is 9.87. The van der Waals surface area contributed by atoms with Crippen molar-refractivity contribution >= 4 is 11.8 Å². The van der Waals surface area contributed by atoms with E-state index in [9.17, 15) is 14.0 Å². The fourth-order valence-electron chi connectivity index (χ4n) is 4.69. The first-order valence-corrected chi connectivity index (χ1v) is 12.6. The van der Waals surface area contributed by atoms with Crippen LogP contribution in [0.4, 0.5) is 4.39 Å². The molecule has 3 heterocycles. The van der Waals surface area contributed by atoms with E-state index in [1.807, 2.05) is 43.0 Å². The van der Waals surface area contributed by atoms with Gasteiger partial charge in [0.1, 0.15) is 29.7 Å². The van der Waals surface area contributed by atoms with Gasteiger partial charge in [-0.2, -0.15) is 0 Å². The summed E-state index contributed by atoms with van der Waals surface area (Å²) >= 11 is 0. The molecule has 2 amide bonds. The number of furan rings is 2. The van der Waals surface area contributed by atoms with Crippen LogP contribution in [0.15, 0.2) is 81.8 Å². The van der Waals surface area contributed by atoms with Gasteiger partial charge in [0.25, 0.3) is 5.91 Å². The summed E-state index contributed by atoms with van der Waals surface area (Å²) in [5.41, 5.74) is 2.71. The maximum atomic E-state index is 14.2. The van der Waals surface area contributed by atoms with E-state index in [1.165, 1.54) is 12.1 Å². The highest BCUT2D eigenvalue weighted by Crippen LogP contribution is 2.38. The smallest absolute Gasteiger partial charge is 0.287 e. The fourth-order valence-corrected chi connectivity index (χ4v) is 4.69. The standard InChI is InChI=1S/C30H29FN2O5/c1-19(2)30(35)33-13-12-20-8-9-23(16-26(20)28(33)21-5-3-6-22(31)15-21)37-18-25-10-11-27(38-25)29(34)32-17-24-7-4-14-36-24/h3-11,14-16,19,28H,12-13,17-18H2,1-2H3,(H,32,34). The minimum absolute atomic E-state index is 0.0182. The number of hydrogen-bond acceptors (Lipinski definition) is 5. The summed E-state index contributed by atoms with van der Waals surface area (Å²) in [5.74, 6) is 1.03. The van der Waals surface area contributed by atoms with Crippen LogP contribution in [0.5, 0.6) is 5.75 Å². The average molecular weight is 517 g/mol. The third-order valence-corrected chi connectivity index (χ3v) is 6.56. The van der Waals surface area contributed by atoms with Gasteiger partial charge in [-0.1, -0.05) is 32.0 Å². The van der Waals surface area contributed by atoms with Gasteiger partial charge in [-0.25, -0.2) is 4.39 Å². The Kier molecular flexibility index (Phi) is 7.31. The van der Waals surface area contributed by atoms with Gasteiger partial charge in [0.05, 0.1) is 18.8 Å². The minimum atomic E-state index is -0.416. The van der Waals surface area contributed by atoms with Gasteiger partial charge in [-0.15, -0.1) is 0 Å². The Labute approximate surface area is 220 Å². The van der Waals surface area contributed by atoms with E-state index in [0.717, 1.165) is 11.1 Å². The van der Waals surface area contributed by atoms with E-state index in [2.05, 4.69) is 5.32 Å². The van der Waals surface area contributed by atoms with Gasteiger partial charge >= 0.3 is 0 Å². The Bertz CT molecular complexity index is 1430. The Morgan fingerprint density at radius 2 is 1.95 bits per heavy atom. The molecule has 7 nitrogen and oxygen atoms in total. The lowest BCUT2D eigenvalue weighted by Crippen LogP contribution is -2.42. The number of carbonyl (C=O) groups excluding carboxylic acids is 2. The molecular formula is C30H29FN2O5. The van der Waals surface area contributed by atoms with Crippen LogP contribution in [0, 0.1) is 11.7 Å². The summed E-state index contributed by atoms with van der Waals surface area (Å²) in [6, 6.07) is 18.6. The van der Waals surface area contributed by atoms with Crippen molar-refractivity contribution in [2.24, 2.45) is 5.92 Å². The number of benzene rings is 2. The van der Waals surface area contributed by atoms with Crippen LogP contribution in [0.2, 0.25) is 0 Å². The summed E-state index contributed by atoms with van der Waals surface area (Å²) in [6.45, 7) is 4.67. The monoisotopic (exact) mass is 516 g/mol. The minimum Gasteiger partial charge on any atom is -0.486 e. The van der Waals surface area contributed by atoms with Crippen molar-refractivity contribution in [3.8, 4) is 5.75 Å². The number of rotatable bonds is 8. The van der Waals surface area contributed by atoms with Gasteiger partial charge in [-0.05, 0) is 71.6 Å². The van der Waals surface area contributed by atoms with Crippen LogP contribution >= 0.6 is 0 Å². The Morgan fingerprint density at radius 1 is 1.08 bits per heavy atom. The number of fused-ring (bicyclic) bond motifs is 1. The number of nitrogens with zero attached hydrogens (tertiary/aromatic N) is 1. The van der Waals surface area contributed by atoms with Gasteiger partial charge in [0.15, 0.2) is 5.76 Å². The summed E-state index contributed by atoms with van der Waals surface area (Å²) < 4.78 is 31.1. The number of nitrogens with one attached hydrogen (secondary N) is 1. The van der Waals surface area contributed by atoms with Crippen molar-refractivity contribution in [2.45, 2.75) is 39.5 Å². The number of halogens is 1. The van der Waals surface area contributed by atoms with Crippen LogP contribution in [-0.4, -0.2) is 23.3 Å². The third kappa shape index (κ3) is 5.49. The van der Waals surface area contributed by atoms with Crippen molar-refractivity contribution < 1.29 is 27.6 Å². The SMILES string of the molecule is CC(C)C(=O)N1CCc2ccc(OCc3ccc(C(=O)NCc4ccco4)o3)cc2C1c1cccc(F)c1. The number of hydrogen-bond donors (Lipinski definition) is 1. The van der Waals surface area contributed by atoms with Crippen molar-refractivity contribution in [1.82, 2.24) is 10.2 Å². The molecule has 0 spiro atoms. The van der Waals surface area contributed by atoms with Gasteiger partial charge in [-0.3, -0.25) is 9.59 Å². The van der Waals surface area contributed by atoms with Crippen molar-refractivity contribution in [3.63, 3.8) is 0 Å². The van der Waals surface area contributed by atoms with Gasteiger partial charge in [0, 0.05) is 12.5 Å². The van der Waals surface area contributed by atoms with Crippen LogP contribution < -0.4 is 10.1 Å². The van der Waals surface area contributed by atoms with E-state index in [4.69, 9.17) is 13.6 Å². The molecule has 5 rings (SSSR count). The molecule has 1 aliphatic rings. The summed E-state index contributed by atoms with van der Waals surface area (Å²) in [4.78, 5) is 27.3. The summed E-state index contributed by atoms with van der Waals surface area (Å²) in [6.07, 6.45) is 2.25. The Balaban J connectivity index is 1.32. The highest BCUT2D eigenvalue weighted by Gasteiger charge is 2.33. The highest BCUT2D eigenvalue weighted by atomic mass is 19.1. The van der Waals surface area contributed by atoms with Crippen molar-refractivity contribution in [2.75, 3.05) is 6.54 Å². The molecule has 1 N–H and O–H groups in total. The molecule has 8 heteroatoms. The van der Waals surface area contributed by atoms with E-state index in [0.29, 0.717) is 35.8 Å². The molecule has 38 heavy (non-hydrogen) atoms. The first-order chi connectivity index (χ1) is 18.4. The Hall–Kier alpha value is -4.33. The summed E-state index contributed by atoms with van der Waals surface area (Å²) in [7, 11) is 0. The highest BCUT2D eigenvalue weighted by molar-refractivity contribution is 5.91. The van der Waals surface area contributed by atoms with Gasteiger partial charge < -0.3 is 23.8 Å². The second kappa shape index (κ2) is 11.0. The topological polar surface area (TPSA) is 84.9 Å². The molecule has 2 aromatic heterocycles. The van der Waals surface area contributed by atoms with E-state index >= 15 is 0 Å². The van der Waals surface area contributed by atoms with Crippen molar-refractivity contribution in [3.05, 3.63) is 113 Å². The first-order valence-electron chi connectivity index (χ1n) is 12.6. The quantitative estimate of drug-likeness (QED) is 0.327. The Morgan fingerprint density at radius 3 is 2.71 bits per heavy atom. The molecule has 0 aliphatic carbocycles. The number of ether oxygens (including phenoxy) is 1. The van der Waals surface area contributed by atoms with Crippen LogP contribution in [0.25, 0.3) is 0 Å². The normalized spacial score (nSPS) is 14.8. The second-order valence-electron chi connectivity index (χ2n) is 9.57. The predicted molar refractivity (Wildman–Crippen MR) is 138 cm³/mol. The molecule has 2 aromatic carbocycles. The van der Waals surface area contributed by atoms with Crippen molar-refractivity contribution in [1.29, 1.82) is 0 Å². The lowest BCUT2D eigenvalue weighted by Gasteiger charge is -2.39. The lowest BCUT2D eigenvalue weighted by molar-refractivity contribution is -0.136. The molecular weight excluding hydrogens is 487 g/mol. The molecule has 1 atom stereocenters. The summed E-state index contributed by atoms with van der Waals surface area (Å²) in [5, 5.41) is 2.74. The largest absolute Gasteiger partial charge is 0.486 e. The number of carbonyl (C=O) groups is 2. The maximum Gasteiger partial charge on any atom is 0.287 e. The molecule has 1 aliphatic heterocycles. The predicted octanol–water partition coefficient (Wildman–Crippen LogP) is 5.65. The third-order valence-electron chi connectivity index (χ3n) is 6.56. The molecule has 0 saturated carbocycles. The first kappa shape index (κ1) is 25.3. The van der Waals surface area contributed by atoms with Crippen LogP contribution in [0.1, 0.15) is 58.7 Å². The van der Waals surface area contributed by atoms with E-state index in [1.54, 1.807) is 36.6 Å². The average Bonchev–Trinajstić information content (AvgIpc) is 3.62. The van der Waals surface area contributed by atoms with Gasteiger partial charge in [0.2, 0.25) is 5.91 Å². The molecule has 0 fully saturated rings. The molecule has 0 saturated heterocycles.